The van der Waals surface area contributed by atoms with E-state index in [0.717, 1.165) is 12.0 Å². The summed E-state index contributed by atoms with van der Waals surface area (Å²) in [5.74, 6) is 0.935. The number of rotatable bonds is 4. The first-order valence-electron chi connectivity index (χ1n) is 7.65. The Hall–Kier alpha value is -0.820. The van der Waals surface area contributed by atoms with E-state index in [0.29, 0.717) is 6.04 Å². The Morgan fingerprint density at radius 1 is 1.22 bits per heavy atom. The van der Waals surface area contributed by atoms with Crippen molar-refractivity contribution in [3.63, 3.8) is 0 Å². The van der Waals surface area contributed by atoms with E-state index in [1.165, 1.54) is 44.1 Å². The molecule has 3 atom stereocenters. The Kier molecular flexibility index (Phi) is 3.43. The van der Waals surface area contributed by atoms with Gasteiger partial charge < -0.3 is 5.32 Å². The molecule has 1 fully saturated rings. The number of aryl methyl sites for hydroxylation is 2. The smallest absolute Gasteiger partial charge is 0.0294 e. The zero-order chi connectivity index (χ0) is 12.5. The highest BCUT2D eigenvalue weighted by Gasteiger charge is 2.35. The highest BCUT2D eigenvalue weighted by molar-refractivity contribution is 5.35. The Morgan fingerprint density at radius 3 is 2.72 bits per heavy atom. The summed E-state index contributed by atoms with van der Waals surface area (Å²) < 4.78 is 0. The summed E-state index contributed by atoms with van der Waals surface area (Å²) in [4.78, 5) is 0. The van der Waals surface area contributed by atoms with Gasteiger partial charge in [0.2, 0.25) is 0 Å². The summed E-state index contributed by atoms with van der Waals surface area (Å²) in [6.07, 6.45) is 8.04. The molecule has 1 heteroatoms. The van der Waals surface area contributed by atoms with Crippen molar-refractivity contribution >= 4 is 0 Å². The van der Waals surface area contributed by atoms with Crippen LogP contribution in [0.1, 0.15) is 62.3 Å². The molecule has 1 nitrogen and oxygen atoms in total. The zero-order valence-electron chi connectivity index (χ0n) is 11.7. The number of fused-ring (bicyclic) bond motifs is 1. The molecule has 98 valence electrons. The van der Waals surface area contributed by atoms with Crippen LogP contribution in [0, 0.1) is 5.92 Å². The number of benzene rings is 1. The van der Waals surface area contributed by atoms with Gasteiger partial charge in [0, 0.05) is 12.1 Å². The van der Waals surface area contributed by atoms with E-state index >= 15 is 0 Å². The van der Waals surface area contributed by atoms with Gasteiger partial charge in [-0.25, -0.2) is 0 Å². The molecule has 1 saturated carbocycles. The van der Waals surface area contributed by atoms with Gasteiger partial charge >= 0.3 is 0 Å². The molecule has 0 heterocycles. The Labute approximate surface area is 111 Å². The summed E-state index contributed by atoms with van der Waals surface area (Å²) >= 11 is 0. The van der Waals surface area contributed by atoms with Crippen LogP contribution in [0.3, 0.4) is 0 Å². The molecule has 3 unspecified atom stereocenters. The van der Waals surface area contributed by atoms with Gasteiger partial charge in [-0.2, -0.15) is 0 Å². The molecule has 0 saturated heterocycles. The monoisotopic (exact) mass is 243 g/mol. The van der Waals surface area contributed by atoms with E-state index in [1.807, 2.05) is 0 Å². The molecule has 3 rings (SSSR count). The molecule has 18 heavy (non-hydrogen) atoms. The Balaban J connectivity index is 1.68. The first kappa shape index (κ1) is 12.2. The van der Waals surface area contributed by atoms with Crippen LogP contribution in [0.15, 0.2) is 18.2 Å². The van der Waals surface area contributed by atoms with Crippen LogP contribution in [0.5, 0.6) is 0 Å². The van der Waals surface area contributed by atoms with Gasteiger partial charge in [-0.1, -0.05) is 31.5 Å². The largest absolute Gasteiger partial charge is 0.307 e. The topological polar surface area (TPSA) is 12.0 Å². The maximum Gasteiger partial charge on any atom is 0.0294 e. The minimum absolute atomic E-state index is 0.513. The van der Waals surface area contributed by atoms with Gasteiger partial charge in [0.25, 0.3) is 0 Å². The molecule has 1 N–H and O–H groups in total. The molecule has 0 amide bonds. The second-order valence-corrected chi connectivity index (χ2v) is 6.13. The van der Waals surface area contributed by atoms with Crippen molar-refractivity contribution in [3.8, 4) is 0 Å². The molecular weight excluding hydrogens is 218 g/mol. The number of hydrogen-bond donors (Lipinski definition) is 1. The molecule has 1 aromatic carbocycles. The van der Waals surface area contributed by atoms with Crippen LogP contribution in [-0.4, -0.2) is 6.04 Å². The van der Waals surface area contributed by atoms with E-state index in [-0.39, 0.29) is 0 Å². The third-order valence-electron chi connectivity index (χ3n) is 4.78. The summed E-state index contributed by atoms with van der Waals surface area (Å²) in [5.41, 5.74) is 4.68. The SMILES string of the molecule is CCC1CC1NC(C)c1ccc2c(c1)CCCC2. The minimum atomic E-state index is 0.513. The molecule has 1 aromatic rings. The summed E-state index contributed by atoms with van der Waals surface area (Å²) in [5, 5.41) is 3.78. The number of hydrogen-bond acceptors (Lipinski definition) is 1. The standard InChI is InChI=1S/C17H25N/c1-3-13-11-17(13)18-12(2)15-9-8-14-6-4-5-7-16(14)10-15/h8-10,12-13,17-18H,3-7,11H2,1-2H3. The third kappa shape index (κ3) is 2.47. The van der Waals surface area contributed by atoms with Gasteiger partial charge in [0.05, 0.1) is 0 Å². The predicted molar refractivity (Wildman–Crippen MR) is 76.8 cm³/mol. The molecule has 0 aliphatic heterocycles. The van der Waals surface area contributed by atoms with Crippen molar-refractivity contribution in [2.75, 3.05) is 0 Å². The van der Waals surface area contributed by atoms with Crippen LogP contribution in [0.4, 0.5) is 0 Å². The molecule has 0 spiro atoms. The summed E-state index contributed by atoms with van der Waals surface area (Å²) in [6.45, 7) is 4.62. The van der Waals surface area contributed by atoms with E-state index in [2.05, 4.69) is 37.4 Å². The van der Waals surface area contributed by atoms with Crippen LogP contribution in [0.25, 0.3) is 0 Å². The fourth-order valence-electron chi connectivity index (χ4n) is 3.34. The quantitative estimate of drug-likeness (QED) is 0.842. The fraction of sp³-hybridized carbons (Fsp3) is 0.647. The Morgan fingerprint density at radius 2 is 2.00 bits per heavy atom. The zero-order valence-corrected chi connectivity index (χ0v) is 11.7. The van der Waals surface area contributed by atoms with Crippen molar-refractivity contribution in [1.82, 2.24) is 5.32 Å². The van der Waals surface area contributed by atoms with Crippen LogP contribution in [0.2, 0.25) is 0 Å². The highest BCUT2D eigenvalue weighted by Crippen LogP contribution is 2.35. The molecule has 2 aliphatic carbocycles. The summed E-state index contributed by atoms with van der Waals surface area (Å²) in [7, 11) is 0. The molecule has 2 aliphatic rings. The first-order chi connectivity index (χ1) is 8.78. The lowest BCUT2D eigenvalue weighted by Gasteiger charge is -2.20. The van der Waals surface area contributed by atoms with E-state index < -0.39 is 0 Å². The Bertz CT molecular complexity index is 424. The second kappa shape index (κ2) is 5.05. The fourth-order valence-corrected chi connectivity index (χ4v) is 3.34. The van der Waals surface area contributed by atoms with E-state index in [9.17, 15) is 0 Å². The molecule has 0 bridgehead atoms. The number of nitrogens with one attached hydrogen (secondary N) is 1. The van der Waals surface area contributed by atoms with Gasteiger partial charge in [0.1, 0.15) is 0 Å². The van der Waals surface area contributed by atoms with E-state index in [1.54, 1.807) is 11.1 Å². The average Bonchev–Trinajstić information content (AvgIpc) is 3.16. The lowest BCUT2D eigenvalue weighted by atomic mass is 9.89. The van der Waals surface area contributed by atoms with E-state index in [4.69, 9.17) is 0 Å². The predicted octanol–water partition coefficient (Wildman–Crippen LogP) is 4.01. The average molecular weight is 243 g/mol. The van der Waals surface area contributed by atoms with Gasteiger partial charge in [-0.15, -0.1) is 0 Å². The lowest BCUT2D eigenvalue weighted by Crippen LogP contribution is -2.22. The third-order valence-corrected chi connectivity index (χ3v) is 4.78. The summed E-state index contributed by atoms with van der Waals surface area (Å²) in [6, 6.07) is 8.45. The normalized spacial score (nSPS) is 27.7. The van der Waals surface area contributed by atoms with Gasteiger partial charge in [0.15, 0.2) is 0 Å². The van der Waals surface area contributed by atoms with Crippen LogP contribution < -0.4 is 5.32 Å². The maximum absolute atomic E-state index is 3.78. The van der Waals surface area contributed by atoms with Crippen LogP contribution in [-0.2, 0) is 12.8 Å². The van der Waals surface area contributed by atoms with Crippen LogP contribution >= 0.6 is 0 Å². The van der Waals surface area contributed by atoms with Gasteiger partial charge in [-0.05, 0) is 61.6 Å². The van der Waals surface area contributed by atoms with Crippen molar-refractivity contribution < 1.29 is 0 Å². The second-order valence-electron chi connectivity index (χ2n) is 6.13. The molecule has 0 radical (unpaired) electrons. The van der Waals surface area contributed by atoms with Gasteiger partial charge in [-0.3, -0.25) is 0 Å². The highest BCUT2D eigenvalue weighted by atomic mass is 15.0. The lowest BCUT2D eigenvalue weighted by molar-refractivity contribution is 0.538. The van der Waals surface area contributed by atoms with Crippen molar-refractivity contribution in [3.05, 3.63) is 34.9 Å². The maximum atomic E-state index is 3.78. The van der Waals surface area contributed by atoms with Crippen molar-refractivity contribution in [2.45, 2.75) is 64.5 Å². The molecule has 0 aromatic heterocycles. The van der Waals surface area contributed by atoms with Crippen molar-refractivity contribution in [2.24, 2.45) is 5.92 Å². The van der Waals surface area contributed by atoms with Crippen molar-refractivity contribution in [1.29, 1.82) is 0 Å². The minimum Gasteiger partial charge on any atom is -0.307 e. The molecular formula is C17H25N. The first-order valence-corrected chi connectivity index (χ1v) is 7.65.